The quantitative estimate of drug-likeness (QED) is 0.450. The van der Waals surface area contributed by atoms with E-state index < -0.39 is 0 Å². The molecular weight excluding hydrogens is 266 g/mol. The second-order valence-corrected chi connectivity index (χ2v) is 6.45. The Bertz CT molecular complexity index is 186. The lowest BCUT2D eigenvalue weighted by Gasteiger charge is -2.17. The van der Waals surface area contributed by atoms with Crippen LogP contribution in [0.1, 0.15) is 45.4 Å². The summed E-state index contributed by atoms with van der Waals surface area (Å²) in [7, 11) is 0. The van der Waals surface area contributed by atoms with Gasteiger partial charge in [-0.05, 0) is 70.6 Å². The van der Waals surface area contributed by atoms with Gasteiger partial charge in [-0.2, -0.15) is 0 Å². The van der Waals surface area contributed by atoms with E-state index in [4.69, 9.17) is 10.2 Å². The van der Waals surface area contributed by atoms with Crippen LogP contribution in [0.2, 0.25) is 0 Å². The maximum absolute atomic E-state index is 8.85. The molecule has 3 heterocycles. The maximum atomic E-state index is 8.85. The van der Waals surface area contributed by atoms with E-state index in [9.17, 15) is 0 Å². The highest BCUT2D eigenvalue weighted by atomic mass is 16.3. The molecule has 5 heteroatoms. The van der Waals surface area contributed by atoms with Gasteiger partial charge in [0.25, 0.3) is 0 Å². The van der Waals surface area contributed by atoms with Crippen molar-refractivity contribution in [2.75, 3.05) is 39.3 Å². The van der Waals surface area contributed by atoms with Crippen LogP contribution in [-0.2, 0) is 0 Å². The summed E-state index contributed by atoms with van der Waals surface area (Å²) in [5, 5.41) is 27.2. The van der Waals surface area contributed by atoms with Crippen LogP contribution in [0.3, 0.4) is 0 Å². The van der Waals surface area contributed by atoms with E-state index in [1.807, 2.05) is 0 Å². The third kappa shape index (κ3) is 11.1. The molecule has 3 fully saturated rings. The predicted octanol–water partition coefficient (Wildman–Crippen LogP) is 0.467. The molecule has 0 aromatic carbocycles. The predicted molar refractivity (Wildman–Crippen MR) is 87.5 cm³/mol. The summed E-state index contributed by atoms with van der Waals surface area (Å²) in [5.74, 6) is 0.925. The van der Waals surface area contributed by atoms with E-state index in [1.165, 1.54) is 25.9 Å². The largest absolute Gasteiger partial charge is 0.392 e. The van der Waals surface area contributed by atoms with Crippen molar-refractivity contribution in [2.45, 2.75) is 57.7 Å². The van der Waals surface area contributed by atoms with Gasteiger partial charge in [-0.25, -0.2) is 0 Å². The minimum atomic E-state index is -0.0752. The zero-order valence-electron chi connectivity index (χ0n) is 13.6. The topological polar surface area (TPSA) is 76.5 Å². The molecule has 0 aromatic heterocycles. The molecule has 3 aliphatic heterocycles. The maximum Gasteiger partial charge on any atom is 0.0665 e. The molecule has 3 saturated heterocycles. The summed E-state index contributed by atoms with van der Waals surface area (Å²) >= 11 is 0. The molecule has 0 radical (unpaired) electrons. The molecule has 126 valence electrons. The van der Waals surface area contributed by atoms with Crippen molar-refractivity contribution in [1.29, 1.82) is 0 Å². The number of nitrogens with one attached hydrogen (secondary N) is 3. The van der Waals surface area contributed by atoms with E-state index in [-0.39, 0.29) is 12.2 Å². The van der Waals surface area contributed by atoms with Gasteiger partial charge in [-0.1, -0.05) is 6.92 Å². The molecule has 5 N–H and O–H groups in total. The highest BCUT2D eigenvalue weighted by Gasteiger charge is 2.07. The average molecular weight is 301 g/mol. The van der Waals surface area contributed by atoms with E-state index in [0.29, 0.717) is 0 Å². The Morgan fingerprint density at radius 1 is 0.667 bits per heavy atom. The fourth-order valence-electron chi connectivity index (χ4n) is 2.69. The van der Waals surface area contributed by atoms with Crippen molar-refractivity contribution in [1.82, 2.24) is 16.0 Å². The molecule has 5 nitrogen and oxygen atoms in total. The van der Waals surface area contributed by atoms with Gasteiger partial charge in [-0.15, -0.1) is 0 Å². The standard InChI is InChI=1S/C6H13N.2C5H11NO/c1-6-3-2-4-7-5-6;2*7-5-2-1-3-6-4-5/h6-7H,2-5H2,1H3;2*5-7H,1-4H2/t6-;5-;/m01./s1. The zero-order valence-corrected chi connectivity index (χ0v) is 13.6. The van der Waals surface area contributed by atoms with Crippen molar-refractivity contribution in [2.24, 2.45) is 5.92 Å². The minimum absolute atomic E-state index is 0.0752. The van der Waals surface area contributed by atoms with Gasteiger partial charge in [0.2, 0.25) is 0 Å². The highest BCUT2D eigenvalue weighted by Crippen LogP contribution is 2.06. The fraction of sp³-hybridized carbons (Fsp3) is 1.00. The molecule has 0 bridgehead atoms. The molecule has 0 aromatic rings. The Kier molecular flexibility index (Phi) is 11.1. The smallest absolute Gasteiger partial charge is 0.0665 e. The number of hydrogen-bond donors (Lipinski definition) is 5. The van der Waals surface area contributed by atoms with Crippen LogP contribution >= 0.6 is 0 Å². The van der Waals surface area contributed by atoms with E-state index in [2.05, 4.69) is 22.9 Å². The first-order valence-electron chi connectivity index (χ1n) is 8.66. The summed E-state index contributed by atoms with van der Waals surface area (Å²) in [5.41, 5.74) is 0. The van der Waals surface area contributed by atoms with Gasteiger partial charge in [0.15, 0.2) is 0 Å². The monoisotopic (exact) mass is 301 g/mol. The molecular formula is C16H35N3O2. The van der Waals surface area contributed by atoms with Crippen molar-refractivity contribution in [3.63, 3.8) is 0 Å². The van der Waals surface area contributed by atoms with Gasteiger partial charge < -0.3 is 26.2 Å². The molecule has 0 amide bonds. The van der Waals surface area contributed by atoms with E-state index in [0.717, 1.165) is 57.8 Å². The Morgan fingerprint density at radius 3 is 1.24 bits per heavy atom. The lowest BCUT2D eigenvalue weighted by Crippen LogP contribution is -2.33. The highest BCUT2D eigenvalue weighted by molar-refractivity contribution is 4.66. The molecule has 0 aliphatic carbocycles. The van der Waals surface area contributed by atoms with E-state index >= 15 is 0 Å². The number of hydrogen-bond acceptors (Lipinski definition) is 5. The van der Waals surface area contributed by atoms with Crippen LogP contribution in [0.4, 0.5) is 0 Å². The lowest BCUT2D eigenvalue weighted by molar-refractivity contribution is 0.142. The number of aliphatic hydroxyl groups is 2. The summed E-state index contributed by atoms with van der Waals surface area (Å²) in [6, 6.07) is 0. The normalized spacial score (nSPS) is 33.0. The average Bonchev–Trinajstić information content (AvgIpc) is 2.51. The van der Waals surface area contributed by atoms with Crippen LogP contribution in [0.25, 0.3) is 0 Å². The summed E-state index contributed by atoms with van der Waals surface area (Å²) < 4.78 is 0. The van der Waals surface area contributed by atoms with Crippen LogP contribution in [0.5, 0.6) is 0 Å². The molecule has 3 atom stereocenters. The molecule has 3 aliphatic rings. The third-order valence-electron chi connectivity index (χ3n) is 4.09. The molecule has 0 spiro atoms. The van der Waals surface area contributed by atoms with E-state index in [1.54, 1.807) is 0 Å². The molecule has 3 rings (SSSR count). The second kappa shape index (κ2) is 12.4. The Morgan fingerprint density at radius 2 is 1.10 bits per heavy atom. The van der Waals surface area contributed by atoms with Crippen LogP contribution in [0, 0.1) is 5.92 Å². The van der Waals surface area contributed by atoms with Gasteiger partial charge >= 0.3 is 0 Å². The number of rotatable bonds is 0. The Hall–Kier alpha value is -0.200. The van der Waals surface area contributed by atoms with Crippen LogP contribution < -0.4 is 16.0 Å². The first-order valence-corrected chi connectivity index (χ1v) is 8.66. The summed E-state index contributed by atoms with van der Waals surface area (Å²) in [6.45, 7) is 8.52. The Balaban J connectivity index is 0.000000157. The van der Waals surface area contributed by atoms with Crippen molar-refractivity contribution in [3.8, 4) is 0 Å². The zero-order chi connectivity index (χ0) is 15.3. The second-order valence-electron chi connectivity index (χ2n) is 6.45. The summed E-state index contributed by atoms with van der Waals surface area (Å²) in [6.07, 6.45) is 6.86. The molecule has 21 heavy (non-hydrogen) atoms. The SMILES string of the molecule is C[C@H]1CCCNC1.OC1CCCNC1.O[C@@H]1CCCNC1. The van der Waals surface area contributed by atoms with Crippen molar-refractivity contribution < 1.29 is 10.2 Å². The molecule has 0 saturated carbocycles. The van der Waals surface area contributed by atoms with Gasteiger partial charge in [0.1, 0.15) is 0 Å². The fourth-order valence-corrected chi connectivity index (χ4v) is 2.69. The number of β-amino-alcohol motifs (C(OH)–C–C–N with tert-alkyl or cyclic N) is 2. The number of piperidine rings is 3. The van der Waals surface area contributed by atoms with Gasteiger partial charge in [0.05, 0.1) is 12.2 Å². The summed E-state index contributed by atoms with van der Waals surface area (Å²) in [4.78, 5) is 0. The minimum Gasteiger partial charge on any atom is -0.392 e. The molecule has 1 unspecified atom stereocenters. The first-order chi connectivity index (χ1) is 10.2. The van der Waals surface area contributed by atoms with Crippen LogP contribution in [-0.4, -0.2) is 61.7 Å². The van der Waals surface area contributed by atoms with Gasteiger partial charge in [-0.3, -0.25) is 0 Å². The Labute approximate surface area is 129 Å². The number of aliphatic hydroxyl groups excluding tert-OH is 2. The first kappa shape index (κ1) is 18.8. The van der Waals surface area contributed by atoms with Gasteiger partial charge in [0, 0.05) is 13.1 Å². The van der Waals surface area contributed by atoms with Crippen molar-refractivity contribution >= 4 is 0 Å². The third-order valence-corrected chi connectivity index (χ3v) is 4.09. The van der Waals surface area contributed by atoms with Crippen LogP contribution in [0.15, 0.2) is 0 Å². The lowest BCUT2D eigenvalue weighted by atomic mass is 10.0. The van der Waals surface area contributed by atoms with Crippen molar-refractivity contribution in [3.05, 3.63) is 0 Å².